The maximum atomic E-state index is 12.9. The standard InChI is InChI=1S/C23H23Cl2N3O3/c24-17-2-3-19(20(25)8-17)21-4-1-14(9-26-21)16-11-28(12-16)23(30)27-6-5-22-15(10-27)7-18(29)13-31-22/h1-4,8-9,15-16,22H,5-7,10-13H2/t15-,22+/m1/s1. The molecule has 0 spiro atoms. The minimum Gasteiger partial charge on any atom is -0.370 e. The topological polar surface area (TPSA) is 62.7 Å². The van der Waals surface area contributed by atoms with Gasteiger partial charge >= 0.3 is 6.03 Å². The first-order valence-electron chi connectivity index (χ1n) is 10.6. The molecule has 1 aromatic heterocycles. The van der Waals surface area contributed by atoms with Gasteiger partial charge in [-0.3, -0.25) is 9.78 Å². The maximum absolute atomic E-state index is 12.9. The zero-order valence-electron chi connectivity index (χ0n) is 17.0. The molecule has 5 rings (SSSR count). The first kappa shape index (κ1) is 20.7. The Morgan fingerprint density at radius 3 is 2.68 bits per heavy atom. The summed E-state index contributed by atoms with van der Waals surface area (Å²) in [6.07, 6.45) is 3.31. The van der Waals surface area contributed by atoms with Crippen molar-refractivity contribution in [1.29, 1.82) is 0 Å². The number of amides is 2. The third-order valence-corrected chi connectivity index (χ3v) is 7.05. The summed E-state index contributed by atoms with van der Waals surface area (Å²) in [5.74, 6) is 0.547. The number of benzene rings is 1. The number of halogens is 2. The van der Waals surface area contributed by atoms with Gasteiger partial charge in [-0.15, -0.1) is 0 Å². The molecular weight excluding hydrogens is 437 g/mol. The lowest BCUT2D eigenvalue weighted by molar-refractivity contribution is -0.140. The number of hydrogen-bond donors (Lipinski definition) is 0. The van der Waals surface area contributed by atoms with Gasteiger partial charge in [0.25, 0.3) is 0 Å². The number of nitrogens with zero attached hydrogens (tertiary/aromatic N) is 3. The number of ketones is 1. The molecule has 3 saturated heterocycles. The number of hydrogen-bond acceptors (Lipinski definition) is 4. The summed E-state index contributed by atoms with van der Waals surface area (Å²) in [7, 11) is 0. The van der Waals surface area contributed by atoms with E-state index in [0.717, 1.165) is 23.2 Å². The zero-order valence-corrected chi connectivity index (χ0v) is 18.5. The van der Waals surface area contributed by atoms with E-state index < -0.39 is 0 Å². The summed E-state index contributed by atoms with van der Waals surface area (Å²) in [5.41, 5.74) is 2.75. The average Bonchev–Trinajstić information content (AvgIpc) is 2.73. The first-order valence-corrected chi connectivity index (χ1v) is 11.3. The summed E-state index contributed by atoms with van der Waals surface area (Å²) < 4.78 is 5.63. The van der Waals surface area contributed by atoms with Crippen molar-refractivity contribution in [1.82, 2.24) is 14.8 Å². The number of urea groups is 1. The van der Waals surface area contributed by atoms with E-state index in [1.807, 2.05) is 28.1 Å². The fourth-order valence-electron chi connectivity index (χ4n) is 4.70. The van der Waals surface area contributed by atoms with Crippen LogP contribution in [0.1, 0.15) is 24.3 Å². The fourth-order valence-corrected chi connectivity index (χ4v) is 5.21. The smallest absolute Gasteiger partial charge is 0.320 e. The lowest BCUT2D eigenvalue weighted by Crippen LogP contribution is -2.58. The van der Waals surface area contributed by atoms with E-state index >= 15 is 0 Å². The van der Waals surface area contributed by atoms with Gasteiger partial charge in [0.1, 0.15) is 6.61 Å². The molecule has 31 heavy (non-hydrogen) atoms. The summed E-state index contributed by atoms with van der Waals surface area (Å²) in [6.45, 7) is 2.88. The second-order valence-electron chi connectivity index (χ2n) is 8.57. The van der Waals surface area contributed by atoms with Gasteiger partial charge in [-0.25, -0.2) is 4.79 Å². The molecule has 0 aliphatic carbocycles. The fraction of sp³-hybridized carbons (Fsp3) is 0.435. The maximum Gasteiger partial charge on any atom is 0.320 e. The summed E-state index contributed by atoms with van der Waals surface area (Å²) in [4.78, 5) is 32.9. The highest BCUT2D eigenvalue weighted by Crippen LogP contribution is 2.33. The Balaban J connectivity index is 1.18. The van der Waals surface area contributed by atoms with Crippen molar-refractivity contribution >= 4 is 35.0 Å². The summed E-state index contributed by atoms with van der Waals surface area (Å²) in [6, 6.07) is 9.44. The van der Waals surface area contributed by atoms with Crippen LogP contribution in [0.5, 0.6) is 0 Å². The molecule has 2 aromatic rings. The number of carbonyl (C=O) groups excluding carboxylic acids is 2. The molecule has 1 aromatic carbocycles. The van der Waals surface area contributed by atoms with E-state index in [2.05, 4.69) is 11.1 Å². The van der Waals surface area contributed by atoms with Gasteiger partial charge in [0.05, 0.1) is 16.8 Å². The molecule has 0 radical (unpaired) electrons. The lowest BCUT2D eigenvalue weighted by Gasteiger charge is -2.46. The second kappa shape index (κ2) is 8.41. The van der Waals surface area contributed by atoms with Crippen molar-refractivity contribution < 1.29 is 14.3 Å². The monoisotopic (exact) mass is 459 g/mol. The molecule has 162 valence electrons. The minimum atomic E-state index is 0.0604. The molecule has 3 aliphatic rings. The number of ether oxygens (including phenoxy) is 1. The zero-order chi connectivity index (χ0) is 21.5. The normalized spacial score (nSPS) is 24.0. The number of carbonyl (C=O) groups is 2. The molecule has 6 nitrogen and oxygen atoms in total. The Morgan fingerprint density at radius 1 is 1.10 bits per heavy atom. The lowest BCUT2D eigenvalue weighted by atomic mass is 9.88. The Kier molecular flexibility index (Phi) is 5.63. The van der Waals surface area contributed by atoms with Gasteiger partial charge in [0.2, 0.25) is 0 Å². The predicted molar refractivity (Wildman–Crippen MR) is 118 cm³/mol. The van der Waals surface area contributed by atoms with Crippen LogP contribution in [0.25, 0.3) is 11.3 Å². The van der Waals surface area contributed by atoms with Crippen LogP contribution in [0.15, 0.2) is 36.5 Å². The van der Waals surface area contributed by atoms with E-state index in [0.29, 0.717) is 42.6 Å². The highest BCUT2D eigenvalue weighted by Gasteiger charge is 2.40. The minimum absolute atomic E-state index is 0.0604. The van der Waals surface area contributed by atoms with Crippen molar-refractivity contribution in [3.63, 3.8) is 0 Å². The molecule has 0 unspecified atom stereocenters. The third kappa shape index (κ3) is 4.16. The van der Waals surface area contributed by atoms with Crippen molar-refractivity contribution in [2.24, 2.45) is 5.92 Å². The van der Waals surface area contributed by atoms with Crippen LogP contribution in [0.3, 0.4) is 0 Å². The highest BCUT2D eigenvalue weighted by atomic mass is 35.5. The number of Topliss-reactive ketones (excluding diaryl/α,β-unsaturated/α-hetero) is 1. The van der Waals surface area contributed by atoms with Crippen LogP contribution < -0.4 is 0 Å². The van der Waals surface area contributed by atoms with Gasteiger partial charge < -0.3 is 14.5 Å². The number of fused-ring (bicyclic) bond motifs is 1. The van der Waals surface area contributed by atoms with Crippen LogP contribution in [0.4, 0.5) is 4.79 Å². The quantitative estimate of drug-likeness (QED) is 0.672. The Labute approximate surface area is 191 Å². The van der Waals surface area contributed by atoms with Gasteiger partial charge in [0.15, 0.2) is 5.78 Å². The number of aromatic nitrogens is 1. The van der Waals surface area contributed by atoms with Crippen LogP contribution in [0, 0.1) is 5.92 Å². The van der Waals surface area contributed by atoms with Gasteiger partial charge in [0, 0.05) is 61.2 Å². The van der Waals surface area contributed by atoms with Crippen molar-refractivity contribution in [2.45, 2.75) is 24.9 Å². The van der Waals surface area contributed by atoms with Gasteiger partial charge in [-0.05, 0) is 36.2 Å². The molecule has 0 N–H and O–H groups in total. The highest BCUT2D eigenvalue weighted by molar-refractivity contribution is 6.36. The molecule has 4 heterocycles. The Bertz CT molecular complexity index is 1010. The third-order valence-electron chi connectivity index (χ3n) is 6.50. The Hall–Kier alpha value is -2.15. The van der Waals surface area contributed by atoms with Crippen LogP contribution in [-0.4, -0.2) is 65.5 Å². The SMILES string of the molecule is O=C1CO[C@H]2CCN(C(=O)N3CC(c4ccc(-c5ccc(Cl)cc5Cl)nc4)C3)C[C@H]2C1. The number of piperidine rings is 1. The molecule has 2 atom stereocenters. The molecule has 0 saturated carbocycles. The summed E-state index contributed by atoms with van der Waals surface area (Å²) in [5, 5.41) is 1.17. The van der Waals surface area contributed by atoms with Crippen molar-refractivity contribution in [2.75, 3.05) is 32.8 Å². The molecule has 3 fully saturated rings. The van der Waals surface area contributed by atoms with Crippen LogP contribution in [-0.2, 0) is 9.53 Å². The molecule has 8 heteroatoms. The van der Waals surface area contributed by atoms with E-state index in [1.165, 1.54) is 0 Å². The van der Waals surface area contributed by atoms with E-state index in [4.69, 9.17) is 27.9 Å². The van der Waals surface area contributed by atoms with Crippen molar-refractivity contribution in [3.05, 3.63) is 52.1 Å². The molecule has 0 bridgehead atoms. The van der Waals surface area contributed by atoms with Gasteiger partial charge in [-0.1, -0.05) is 29.3 Å². The summed E-state index contributed by atoms with van der Waals surface area (Å²) >= 11 is 12.3. The van der Waals surface area contributed by atoms with E-state index in [-0.39, 0.29) is 36.4 Å². The van der Waals surface area contributed by atoms with Crippen molar-refractivity contribution in [3.8, 4) is 11.3 Å². The largest absolute Gasteiger partial charge is 0.370 e. The van der Waals surface area contributed by atoms with Crippen LogP contribution >= 0.6 is 23.2 Å². The second-order valence-corrected chi connectivity index (χ2v) is 9.42. The van der Waals surface area contributed by atoms with E-state index in [9.17, 15) is 9.59 Å². The van der Waals surface area contributed by atoms with E-state index in [1.54, 1.807) is 12.1 Å². The van der Waals surface area contributed by atoms with Crippen LogP contribution in [0.2, 0.25) is 10.0 Å². The molecule has 3 aliphatic heterocycles. The first-order chi connectivity index (χ1) is 15.0. The number of pyridine rings is 1. The van der Waals surface area contributed by atoms with Gasteiger partial charge in [-0.2, -0.15) is 0 Å². The average molecular weight is 460 g/mol. The molecular formula is C23H23Cl2N3O3. The predicted octanol–water partition coefficient (Wildman–Crippen LogP) is 4.25. The molecule has 2 amide bonds. The number of rotatable bonds is 2. The Morgan fingerprint density at radius 2 is 1.94 bits per heavy atom. The number of likely N-dealkylation sites (tertiary alicyclic amines) is 2.